The molecule has 6 heteroatoms. The van der Waals surface area contributed by atoms with E-state index in [1.54, 1.807) is 6.07 Å². The molecule has 1 aromatic heterocycles. The van der Waals surface area contributed by atoms with E-state index in [1.165, 1.54) is 0 Å². The normalized spacial score (nSPS) is 19.2. The molecule has 1 radical (unpaired) electrons. The zero-order chi connectivity index (χ0) is 20.5. The van der Waals surface area contributed by atoms with Gasteiger partial charge in [-0.2, -0.15) is 6.07 Å². The van der Waals surface area contributed by atoms with E-state index in [4.69, 9.17) is 9.15 Å². The van der Waals surface area contributed by atoms with Gasteiger partial charge in [0.25, 0.3) is 0 Å². The number of benzene rings is 1. The molecule has 161 valence electrons. The summed E-state index contributed by atoms with van der Waals surface area (Å²) in [5.74, 6) is 1.96. The average molecular weight is 487 g/mol. The first kappa shape index (κ1) is 25.1. The minimum absolute atomic E-state index is 0. The SMILES string of the molecule is CCCCCC(O)c1ccc(OC[C@H]2CNC(=O)[C@@H]2CCCc2cc[c-]o2)cc1.[Y]. The molecule has 1 aliphatic rings. The summed E-state index contributed by atoms with van der Waals surface area (Å²) < 4.78 is 11.2. The number of aryl methyl sites for hydroxylation is 1. The van der Waals surface area contributed by atoms with Crippen molar-refractivity contribution in [2.75, 3.05) is 13.2 Å². The minimum atomic E-state index is -0.414. The van der Waals surface area contributed by atoms with Crippen LogP contribution in [-0.4, -0.2) is 24.2 Å². The number of carbonyl (C=O) groups is 1. The van der Waals surface area contributed by atoms with Gasteiger partial charge in [0.1, 0.15) is 5.75 Å². The summed E-state index contributed by atoms with van der Waals surface area (Å²) in [5, 5.41) is 13.2. The number of amides is 1. The average Bonchev–Trinajstić information content (AvgIpc) is 3.37. The van der Waals surface area contributed by atoms with Crippen LogP contribution in [0.4, 0.5) is 0 Å². The topological polar surface area (TPSA) is 71.7 Å². The number of carbonyl (C=O) groups excluding carboxylic acids is 1. The Balaban J connectivity index is 0.00000320. The monoisotopic (exact) mass is 487 g/mol. The molecule has 3 rings (SSSR count). The van der Waals surface area contributed by atoms with Crippen LogP contribution in [0.1, 0.15) is 62.9 Å². The molecular formula is C24H32NO4Y-. The van der Waals surface area contributed by atoms with E-state index in [0.29, 0.717) is 13.2 Å². The predicted molar refractivity (Wildman–Crippen MR) is 112 cm³/mol. The second kappa shape index (κ2) is 13.3. The van der Waals surface area contributed by atoms with Crippen molar-refractivity contribution in [3.8, 4) is 5.75 Å². The van der Waals surface area contributed by atoms with Crippen molar-refractivity contribution in [3.05, 3.63) is 54.0 Å². The van der Waals surface area contributed by atoms with Gasteiger partial charge in [-0.25, -0.2) is 0 Å². The van der Waals surface area contributed by atoms with Gasteiger partial charge >= 0.3 is 0 Å². The molecule has 2 heterocycles. The van der Waals surface area contributed by atoms with Crippen molar-refractivity contribution >= 4 is 5.91 Å². The Morgan fingerprint density at radius 3 is 2.73 bits per heavy atom. The molecule has 1 aromatic carbocycles. The van der Waals surface area contributed by atoms with Gasteiger partial charge in [-0.3, -0.25) is 4.79 Å². The molecule has 2 N–H and O–H groups in total. The third-order valence-electron chi connectivity index (χ3n) is 5.72. The number of rotatable bonds is 12. The van der Waals surface area contributed by atoms with Gasteiger partial charge in [-0.15, -0.1) is 6.07 Å². The van der Waals surface area contributed by atoms with Crippen molar-refractivity contribution < 1.29 is 51.8 Å². The number of nitrogens with one attached hydrogen (secondary N) is 1. The van der Waals surface area contributed by atoms with E-state index >= 15 is 0 Å². The van der Waals surface area contributed by atoms with Crippen LogP contribution in [0, 0.1) is 18.1 Å². The second-order valence-electron chi connectivity index (χ2n) is 7.92. The van der Waals surface area contributed by atoms with Gasteiger partial charge in [0.05, 0.1) is 12.7 Å². The fourth-order valence-corrected chi connectivity index (χ4v) is 3.91. The zero-order valence-corrected chi connectivity index (χ0v) is 20.6. The van der Waals surface area contributed by atoms with Crippen LogP contribution in [0.3, 0.4) is 0 Å². The Kier molecular flexibility index (Phi) is 11.1. The standard InChI is InChI=1S/C24H32NO4.Y/c1-2-3-4-10-23(26)18-11-13-21(14-12-18)29-17-19-16-25-24(27)22(19)9-5-7-20-8-6-15-28-20;/h6,8,11-14,19,22-23,26H,2-5,7,9-10,16-17H2,1H3,(H,25,27);/q-1;/t19-,22-,23?;/m1./s1. The molecule has 1 unspecified atom stereocenters. The predicted octanol–water partition coefficient (Wildman–Crippen LogP) is 4.45. The number of hydrogen-bond acceptors (Lipinski definition) is 4. The Bertz CT molecular complexity index is 732. The fourth-order valence-electron chi connectivity index (χ4n) is 3.91. The van der Waals surface area contributed by atoms with Crippen LogP contribution in [0.25, 0.3) is 0 Å². The summed E-state index contributed by atoms with van der Waals surface area (Å²) >= 11 is 0. The van der Waals surface area contributed by atoms with Crippen LogP contribution in [0.15, 0.2) is 40.8 Å². The number of hydrogen-bond donors (Lipinski definition) is 2. The van der Waals surface area contributed by atoms with Crippen molar-refractivity contribution in [3.63, 3.8) is 0 Å². The van der Waals surface area contributed by atoms with E-state index in [0.717, 1.165) is 62.0 Å². The third kappa shape index (κ3) is 7.51. The summed E-state index contributed by atoms with van der Waals surface area (Å²) in [4.78, 5) is 12.2. The Morgan fingerprint density at radius 2 is 2.03 bits per heavy atom. The molecule has 1 fully saturated rings. The van der Waals surface area contributed by atoms with Gasteiger partial charge in [0.2, 0.25) is 5.91 Å². The molecule has 0 bridgehead atoms. The molecule has 3 atom stereocenters. The first-order chi connectivity index (χ1) is 14.2. The number of unbranched alkanes of at least 4 members (excludes halogenated alkanes) is 2. The van der Waals surface area contributed by atoms with Gasteiger partial charge in [-0.05, 0) is 36.8 Å². The van der Waals surface area contributed by atoms with Gasteiger partial charge in [0.15, 0.2) is 0 Å². The molecule has 30 heavy (non-hydrogen) atoms. The molecule has 1 saturated heterocycles. The number of aliphatic hydroxyl groups is 1. The van der Waals surface area contributed by atoms with Crippen LogP contribution in [0.5, 0.6) is 5.75 Å². The summed E-state index contributed by atoms with van der Waals surface area (Å²) in [7, 11) is 0. The largest absolute Gasteiger partial charge is 0.596 e. The first-order valence-electron chi connectivity index (χ1n) is 10.8. The van der Waals surface area contributed by atoms with Crippen molar-refractivity contribution in [1.82, 2.24) is 5.32 Å². The summed E-state index contributed by atoms with van der Waals surface area (Å²) in [5.41, 5.74) is 0.930. The third-order valence-corrected chi connectivity index (χ3v) is 5.72. The number of ether oxygens (including phenoxy) is 1. The van der Waals surface area contributed by atoms with E-state index < -0.39 is 6.10 Å². The maximum Gasteiger partial charge on any atom is 0.223 e. The summed E-state index contributed by atoms with van der Waals surface area (Å²) in [6.45, 7) is 3.33. The maximum atomic E-state index is 12.2. The van der Waals surface area contributed by atoms with E-state index in [1.807, 2.05) is 30.3 Å². The maximum absolute atomic E-state index is 12.2. The molecule has 1 aliphatic heterocycles. The summed E-state index contributed by atoms with van der Waals surface area (Å²) in [6.07, 6.45) is 8.97. The van der Waals surface area contributed by atoms with Crippen LogP contribution in [-0.2, 0) is 43.9 Å². The molecular weight excluding hydrogens is 455 g/mol. The van der Waals surface area contributed by atoms with Crippen molar-refractivity contribution in [2.24, 2.45) is 11.8 Å². The smallest absolute Gasteiger partial charge is 0.223 e. The van der Waals surface area contributed by atoms with Crippen molar-refractivity contribution in [1.29, 1.82) is 0 Å². The van der Waals surface area contributed by atoms with Crippen LogP contribution < -0.4 is 10.1 Å². The molecule has 5 nitrogen and oxygen atoms in total. The quantitative estimate of drug-likeness (QED) is 0.343. The summed E-state index contributed by atoms with van der Waals surface area (Å²) in [6, 6.07) is 11.4. The molecule has 0 saturated carbocycles. The Hall–Kier alpha value is -1.17. The van der Waals surface area contributed by atoms with E-state index in [2.05, 4.69) is 18.5 Å². The second-order valence-corrected chi connectivity index (χ2v) is 7.92. The number of furan rings is 1. The van der Waals surface area contributed by atoms with Gasteiger partial charge in [-0.1, -0.05) is 56.9 Å². The first-order valence-corrected chi connectivity index (χ1v) is 10.8. The molecule has 0 spiro atoms. The zero-order valence-electron chi connectivity index (χ0n) is 17.8. The Labute approximate surface area is 204 Å². The van der Waals surface area contributed by atoms with Crippen molar-refractivity contribution in [2.45, 2.75) is 58.0 Å². The molecule has 2 aromatic rings. The van der Waals surface area contributed by atoms with E-state index in [9.17, 15) is 9.90 Å². The Morgan fingerprint density at radius 1 is 1.23 bits per heavy atom. The molecule has 0 aliphatic carbocycles. The van der Waals surface area contributed by atoms with Crippen LogP contribution in [0.2, 0.25) is 0 Å². The van der Waals surface area contributed by atoms with Gasteiger partial charge in [0, 0.05) is 51.1 Å². The van der Waals surface area contributed by atoms with E-state index in [-0.39, 0.29) is 50.5 Å². The minimum Gasteiger partial charge on any atom is -0.596 e. The number of aliphatic hydroxyl groups excluding tert-OH is 1. The van der Waals surface area contributed by atoms with Crippen LogP contribution >= 0.6 is 0 Å². The fraction of sp³-hybridized carbons (Fsp3) is 0.542. The molecule has 1 amide bonds. The van der Waals surface area contributed by atoms with Gasteiger partial charge < -0.3 is 19.6 Å².